The van der Waals surface area contributed by atoms with Crippen LogP contribution < -0.4 is 9.62 Å². The molecule has 3 aromatic carbocycles. The van der Waals surface area contributed by atoms with Crippen LogP contribution in [0.25, 0.3) is 0 Å². The van der Waals surface area contributed by atoms with Gasteiger partial charge in [-0.1, -0.05) is 55.5 Å². The molecule has 0 fully saturated rings. The predicted octanol–water partition coefficient (Wildman–Crippen LogP) is 4.41. The van der Waals surface area contributed by atoms with Gasteiger partial charge >= 0.3 is 0 Å². The van der Waals surface area contributed by atoms with E-state index in [4.69, 9.17) is 0 Å². The molecule has 1 atom stereocenters. The molecule has 0 saturated heterocycles. The third-order valence-electron chi connectivity index (χ3n) is 4.71. The van der Waals surface area contributed by atoms with Crippen molar-refractivity contribution in [3.05, 3.63) is 94.1 Å². The maximum Gasteiger partial charge on any atom is 0.264 e. The Kier molecular flexibility index (Phi) is 7.49. The lowest BCUT2D eigenvalue weighted by Crippen LogP contribution is -2.41. The first-order chi connectivity index (χ1) is 14.4. The average molecular weight is 534 g/mol. The minimum atomic E-state index is -3.88. The fraction of sp³-hybridized carbons (Fsp3) is 0.174. The number of halogens is 1. The smallest absolute Gasteiger partial charge is 0.264 e. The number of hydrogen-bond acceptors (Lipinski definition) is 3. The first kappa shape index (κ1) is 22.3. The lowest BCUT2D eigenvalue weighted by atomic mass is 10.0. The monoisotopic (exact) mass is 534 g/mol. The van der Waals surface area contributed by atoms with Crippen LogP contribution >= 0.6 is 22.6 Å². The van der Waals surface area contributed by atoms with Gasteiger partial charge in [0.05, 0.1) is 10.6 Å². The zero-order valence-electron chi connectivity index (χ0n) is 16.5. The summed E-state index contributed by atoms with van der Waals surface area (Å²) in [6.45, 7) is 2.15. The van der Waals surface area contributed by atoms with E-state index >= 15 is 0 Å². The van der Waals surface area contributed by atoms with Gasteiger partial charge in [-0.05, 0) is 70.5 Å². The molecular weight excluding hydrogens is 511 g/mol. The van der Waals surface area contributed by atoms with E-state index in [0.717, 1.165) is 13.4 Å². The summed E-state index contributed by atoms with van der Waals surface area (Å²) in [7, 11) is -3.88. The van der Waals surface area contributed by atoms with E-state index in [1.807, 2.05) is 49.4 Å². The molecule has 0 aliphatic rings. The SMILES string of the molecule is C[C@H](CNC(=O)CN(c1ccc(I)cc1)S(=O)(=O)c1ccccc1)c1ccccc1. The summed E-state index contributed by atoms with van der Waals surface area (Å²) in [5, 5.41) is 2.87. The zero-order valence-corrected chi connectivity index (χ0v) is 19.5. The highest BCUT2D eigenvalue weighted by atomic mass is 127. The van der Waals surface area contributed by atoms with Crippen molar-refractivity contribution in [3.8, 4) is 0 Å². The van der Waals surface area contributed by atoms with Gasteiger partial charge < -0.3 is 5.32 Å². The molecule has 0 bridgehead atoms. The molecule has 0 aliphatic carbocycles. The number of rotatable bonds is 8. The first-order valence-corrected chi connectivity index (χ1v) is 12.0. The van der Waals surface area contributed by atoms with E-state index in [1.54, 1.807) is 30.3 Å². The van der Waals surface area contributed by atoms with Crippen molar-refractivity contribution < 1.29 is 13.2 Å². The second-order valence-electron chi connectivity index (χ2n) is 6.92. The van der Waals surface area contributed by atoms with E-state index in [-0.39, 0.29) is 23.3 Å². The highest BCUT2D eigenvalue weighted by molar-refractivity contribution is 14.1. The lowest BCUT2D eigenvalue weighted by Gasteiger charge is -2.24. The molecule has 156 valence electrons. The van der Waals surface area contributed by atoms with Gasteiger partial charge in [0.15, 0.2) is 0 Å². The minimum Gasteiger partial charge on any atom is -0.354 e. The number of anilines is 1. The summed E-state index contributed by atoms with van der Waals surface area (Å²) in [5.41, 5.74) is 1.56. The average Bonchev–Trinajstić information content (AvgIpc) is 2.77. The van der Waals surface area contributed by atoms with Crippen LogP contribution in [0.15, 0.2) is 89.8 Å². The zero-order chi connectivity index (χ0) is 21.6. The quantitative estimate of drug-likeness (QED) is 0.436. The van der Waals surface area contributed by atoms with Crippen molar-refractivity contribution in [1.29, 1.82) is 0 Å². The van der Waals surface area contributed by atoms with Crippen molar-refractivity contribution >= 4 is 44.2 Å². The number of amides is 1. The topological polar surface area (TPSA) is 66.5 Å². The number of sulfonamides is 1. The lowest BCUT2D eigenvalue weighted by molar-refractivity contribution is -0.119. The molecule has 0 heterocycles. The summed E-state index contributed by atoms with van der Waals surface area (Å²) in [5.74, 6) is -0.233. The van der Waals surface area contributed by atoms with Crippen molar-refractivity contribution in [2.24, 2.45) is 0 Å². The molecule has 30 heavy (non-hydrogen) atoms. The van der Waals surface area contributed by atoms with Gasteiger partial charge in [0.25, 0.3) is 10.0 Å². The van der Waals surface area contributed by atoms with E-state index in [2.05, 4.69) is 27.9 Å². The molecule has 0 spiro atoms. The fourth-order valence-corrected chi connectivity index (χ4v) is 4.80. The highest BCUT2D eigenvalue weighted by Gasteiger charge is 2.27. The van der Waals surface area contributed by atoms with Crippen LogP contribution in [0.4, 0.5) is 5.69 Å². The van der Waals surface area contributed by atoms with Crippen LogP contribution in [0.5, 0.6) is 0 Å². The van der Waals surface area contributed by atoms with Crippen LogP contribution in [0.2, 0.25) is 0 Å². The Hall–Kier alpha value is -2.39. The standard InChI is InChI=1S/C23H23IN2O3S/c1-18(19-8-4-2-5-9-19)16-25-23(27)17-26(21-14-12-20(24)13-15-21)30(28,29)22-10-6-3-7-11-22/h2-15,18H,16-17H2,1H3,(H,25,27)/t18-/m1/s1. The van der Waals surface area contributed by atoms with E-state index < -0.39 is 10.0 Å². The van der Waals surface area contributed by atoms with Gasteiger partial charge in [0.2, 0.25) is 5.91 Å². The fourth-order valence-electron chi connectivity index (χ4n) is 2.99. The molecule has 0 radical (unpaired) electrons. The number of benzene rings is 3. The number of carbonyl (C=O) groups excluding carboxylic acids is 1. The maximum absolute atomic E-state index is 13.3. The Morgan fingerprint density at radius 3 is 2.10 bits per heavy atom. The normalized spacial score (nSPS) is 12.2. The maximum atomic E-state index is 13.3. The molecule has 3 aromatic rings. The number of hydrogen-bond donors (Lipinski definition) is 1. The van der Waals surface area contributed by atoms with Crippen LogP contribution in [0, 0.1) is 3.57 Å². The number of nitrogens with one attached hydrogen (secondary N) is 1. The van der Waals surface area contributed by atoms with Gasteiger partial charge in [-0.25, -0.2) is 8.42 Å². The van der Waals surface area contributed by atoms with Crippen LogP contribution in [-0.4, -0.2) is 27.4 Å². The van der Waals surface area contributed by atoms with Gasteiger partial charge in [0, 0.05) is 10.1 Å². The largest absolute Gasteiger partial charge is 0.354 e. The van der Waals surface area contributed by atoms with Crippen molar-refractivity contribution in [2.45, 2.75) is 17.7 Å². The second-order valence-corrected chi connectivity index (χ2v) is 10.0. The van der Waals surface area contributed by atoms with Crippen LogP contribution in [-0.2, 0) is 14.8 Å². The van der Waals surface area contributed by atoms with Crippen molar-refractivity contribution in [2.75, 3.05) is 17.4 Å². The molecular formula is C23H23IN2O3S. The first-order valence-electron chi connectivity index (χ1n) is 9.53. The molecule has 0 aliphatic heterocycles. The summed E-state index contributed by atoms with van der Waals surface area (Å²) < 4.78 is 28.6. The number of nitrogens with zero attached hydrogens (tertiary/aromatic N) is 1. The molecule has 5 nitrogen and oxygen atoms in total. The van der Waals surface area contributed by atoms with E-state index in [0.29, 0.717) is 12.2 Å². The molecule has 0 saturated carbocycles. The summed E-state index contributed by atoms with van der Waals surface area (Å²) in [6.07, 6.45) is 0. The Balaban J connectivity index is 1.79. The Morgan fingerprint density at radius 1 is 0.933 bits per heavy atom. The molecule has 3 rings (SSSR count). The van der Waals surface area contributed by atoms with Crippen molar-refractivity contribution in [1.82, 2.24) is 5.32 Å². The second kappa shape index (κ2) is 10.1. The van der Waals surface area contributed by atoms with Gasteiger partial charge in [0.1, 0.15) is 6.54 Å². The minimum absolute atomic E-state index is 0.118. The highest BCUT2D eigenvalue weighted by Crippen LogP contribution is 2.24. The molecule has 7 heteroatoms. The van der Waals surface area contributed by atoms with Gasteiger partial charge in [-0.2, -0.15) is 0 Å². The van der Waals surface area contributed by atoms with Gasteiger partial charge in [-0.15, -0.1) is 0 Å². The Labute approximate surface area is 191 Å². The molecule has 1 N–H and O–H groups in total. The van der Waals surface area contributed by atoms with Crippen molar-refractivity contribution in [3.63, 3.8) is 0 Å². The van der Waals surface area contributed by atoms with E-state index in [1.165, 1.54) is 12.1 Å². The van der Waals surface area contributed by atoms with Crippen LogP contribution in [0.3, 0.4) is 0 Å². The van der Waals surface area contributed by atoms with Gasteiger partial charge in [-0.3, -0.25) is 9.10 Å². The Morgan fingerprint density at radius 2 is 1.50 bits per heavy atom. The molecule has 0 unspecified atom stereocenters. The summed E-state index contributed by atoms with van der Waals surface area (Å²) in [6, 6.07) is 25.1. The summed E-state index contributed by atoms with van der Waals surface area (Å²) in [4.78, 5) is 12.8. The molecule has 1 amide bonds. The Bertz CT molecular complexity index is 1070. The van der Waals surface area contributed by atoms with Crippen LogP contribution in [0.1, 0.15) is 18.4 Å². The predicted molar refractivity (Wildman–Crippen MR) is 128 cm³/mol. The third-order valence-corrected chi connectivity index (χ3v) is 7.21. The van der Waals surface area contributed by atoms with E-state index in [9.17, 15) is 13.2 Å². The number of carbonyl (C=O) groups is 1. The third kappa shape index (κ3) is 5.60. The summed E-state index contributed by atoms with van der Waals surface area (Å²) >= 11 is 2.16. The molecule has 0 aromatic heterocycles.